The van der Waals surface area contributed by atoms with Gasteiger partial charge in [0.2, 0.25) is 0 Å². The summed E-state index contributed by atoms with van der Waals surface area (Å²) in [6.45, 7) is 6.67. The summed E-state index contributed by atoms with van der Waals surface area (Å²) in [6.07, 6.45) is -4.31. The zero-order valence-corrected chi connectivity index (χ0v) is 12.7. The van der Waals surface area contributed by atoms with Crippen LogP contribution in [0.4, 0.5) is 13.2 Å². The predicted octanol–water partition coefficient (Wildman–Crippen LogP) is 3.70. The molecule has 0 saturated carbocycles. The van der Waals surface area contributed by atoms with Crippen LogP contribution in [0.3, 0.4) is 0 Å². The highest BCUT2D eigenvalue weighted by atomic mass is 19.4. The molecule has 0 bridgehead atoms. The fraction of sp³-hybridized carbons (Fsp3) is 0.600. The van der Waals surface area contributed by atoms with Crippen LogP contribution in [0.15, 0.2) is 24.3 Å². The third kappa shape index (κ3) is 3.73. The molecule has 0 saturated heterocycles. The molecule has 20 heavy (non-hydrogen) atoms. The van der Waals surface area contributed by atoms with Gasteiger partial charge in [-0.3, -0.25) is 0 Å². The molecule has 0 aliphatic rings. The number of likely N-dealkylation sites (N-methyl/N-ethyl adjacent to an activating group) is 2. The van der Waals surface area contributed by atoms with Crippen molar-refractivity contribution in [3.63, 3.8) is 0 Å². The van der Waals surface area contributed by atoms with Gasteiger partial charge >= 0.3 is 6.18 Å². The molecule has 0 fully saturated rings. The number of halogens is 3. The molecule has 0 spiro atoms. The third-order valence-corrected chi connectivity index (χ3v) is 3.81. The van der Waals surface area contributed by atoms with Crippen LogP contribution in [0, 0.1) is 0 Å². The minimum Gasteiger partial charge on any atom is -0.309 e. The zero-order chi connectivity index (χ0) is 15.6. The molecule has 0 aliphatic heterocycles. The Labute approximate surface area is 119 Å². The molecule has 0 radical (unpaired) electrons. The second-order valence-electron chi connectivity index (χ2n) is 5.66. The van der Waals surface area contributed by atoms with Crippen molar-refractivity contribution < 1.29 is 13.2 Å². The maximum absolute atomic E-state index is 12.8. The maximum atomic E-state index is 12.8. The number of nitrogens with one attached hydrogen (secondary N) is 1. The SMILES string of the molecule is CCNC(c1cccc(C(F)(F)F)c1)C(C)(C)N(C)C. The fourth-order valence-electron chi connectivity index (χ4n) is 2.13. The highest BCUT2D eigenvalue weighted by Gasteiger charge is 2.35. The van der Waals surface area contributed by atoms with Crippen molar-refractivity contribution in [2.75, 3.05) is 20.6 Å². The van der Waals surface area contributed by atoms with Crippen LogP contribution in [0.2, 0.25) is 0 Å². The van der Waals surface area contributed by atoms with E-state index in [2.05, 4.69) is 5.32 Å². The monoisotopic (exact) mass is 288 g/mol. The van der Waals surface area contributed by atoms with Crippen molar-refractivity contribution in [3.05, 3.63) is 35.4 Å². The lowest BCUT2D eigenvalue weighted by Gasteiger charge is -2.41. The summed E-state index contributed by atoms with van der Waals surface area (Å²) in [7, 11) is 3.86. The Morgan fingerprint density at radius 3 is 2.25 bits per heavy atom. The molecule has 114 valence electrons. The Balaban J connectivity index is 3.23. The van der Waals surface area contributed by atoms with Crippen molar-refractivity contribution in [1.82, 2.24) is 10.2 Å². The van der Waals surface area contributed by atoms with Crippen LogP contribution in [0.1, 0.15) is 37.9 Å². The number of benzene rings is 1. The van der Waals surface area contributed by atoms with E-state index in [9.17, 15) is 13.2 Å². The van der Waals surface area contributed by atoms with E-state index in [0.29, 0.717) is 12.1 Å². The first-order valence-electron chi connectivity index (χ1n) is 6.68. The highest BCUT2D eigenvalue weighted by Crippen LogP contribution is 2.34. The molecule has 0 aromatic heterocycles. The van der Waals surface area contributed by atoms with Crippen LogP contribution in [0.25, 0.3) is 0 Å². The minimum absolute atomic E-state index is 0.176. The standard InChI is InChI=1S/C15H23F3N2/c1-6-19-13(14(2,3)20(4)5)11-8-7-9-12(10-11)15(16,17)18/h7-10,13,19H,6H2,1-5H3. The van der Waals surface area contributed by atoms with Crippen molar-refractivity contribution in [2.24, 2.45) is 0 Å². The lowest BCUT2D eigenvalue weighted by Crippen LogP contribution is -2.49. The summed E-state index contributed by atoms with van der Waals surface area (Å²) >= 11 is 0. The van der Waals surface area contributed by atoms with E-state index in [1.165, 1.54) is 12.1 Å². The Morgan fingerprint density at radius 2 is 1.80 bits per heavy atom. The number of rotatable bonds is 5. The second kappa shape index (κ2) is 6.14. The van der Waals surface area contributed by atoms with Gasteiger partial charge in [0.1, 0.15) is 0 Å². The van der Waals surface area contributed by atoms with Gasteiger partial charge in [-0.1, -0.05) is 19.1 Å². The predicted molar refractivity (Wildman–Crippen MR) is 75.6 cm³/mol. The molecule has 1 unspecified atom stereocenters. The van der Waals surface area contributed by atoms with Crippen LogP contribution in [0.5, 0.6) is 0 Å². The lowest BCUT2D eigenvalue weighted by molar-refractivity contribution is -0.137. The smallest absolute Gasteiger partial charge is 0.309 e. The van der Waals surface area contributed by atoms with Gasteiger partial charge in [0.25, 0.3) is 0 Å². The van der Waals surface area contributed by atoms with E-state index < -0.39 is 11.7 Å². The van der Waals surface area contributed by atoms with Gasteiger partial charge in [0.05, 0.1) is 11.6 Å². The summed E-state index contributed by atoms with van der Waals surface area (Å²) in [6, 6.07) is 5.38. The van der Waals surface area contributed by atoms with Gasteiger partial charge in [-0.15, -0.1) is 0 Å². The molecule has 1 N–H and O–H groups in total. The first-order chi connectivity index (χ1) is 9.10. The molecule has 1 rings (SSSR count). The quantitative estimate of drug-likeness (QED) is 0.889. The van der Waals surface area contributed by atoms with Crippen LogP contribution < -0.4 is 5.32 Å². The highest BCUT2D eigenvalue weighted by molar-refractivity contribution is 5.30. The van der Waals surface area contributed by atoms with Gasteiger partial charge in [-0.05, 0) is 52.2 Å². The average Bonchev–Trinajstić information content (AvgIpc) is 2.34. The molecule has 5 heteroatoms. The van der Waals surface area contributed by atoms with Gasteiger partial charge in [0.15, 0.2) is 0 Å². The number of hydrogen-bond acceptors (Lipinski definition) is 2. The molecule has 0 heterocycles. The minimum atomic E-state index is -4.31. The molecule has 0 amide bonds. The van der Waals surface area contributed by atoms with Gasteiger partial charge in [-0.25, -0.2) is 0 Å². The first-order valence-corrected chi connectivity index (χ1v) is 6.68. The van der Waals surface area contributed by atoms with E-state index in [4.69, 9.17) is 0 Å². The number of hydrogen-bond donors (Lipinski definition) is 1. The third-order valence-electron chi connectivity index (χ3n) is 3.81. The Morgan fingerprint density at radius 1 is 1.20 bits per heavy atom. The van der Waals surface area contributed by atoms with Crippen LogP contribution in [-0.2, 0) is 6.18 Å². The van der Waals surface area contributed by atoms with Crippen molar-refractivity contribution in [3.8, 4) is 0 Å². The summed E-state index contributed by atoms with van der Waals surface area (Å²) in [5, 5.41) is 3.29. The molecule has 1 aromatic carbocycles. The Bertz CT molecular complexity index is 439. The maximum Gasteiger partial charge on any atom is 0.416 e. The van der Waals surface area contributed by atoms with Crippen molar-refractivity contribution in [1.29, 1.82) is 0 Å². The van der Waals surface area contributed by atoms with Gasteiger partial charge < -0.3 is 10.2 Å². The molecular formula is C15H23F3N2. The normalized spacial score (nSPS) is 14.7. The summed E-state index contributed by atoms with van der Waals surface area (Å²) in [4.78, 5) is 2.01. The molecule has 1 aromatic rings. The van der Waals surface area contributed by atoms with Crippen LogP contribution >= 0.6 is 0 Å². The number of nitrogens with zero attached hydrogens (tertiary/aromatic N) is 1. The Hall–Kier alpha value is -1.07. The van der Waals surface area contributed by atoms with Gasteiger partial charge in [-0.2, -0.15) is 13.2 Å². The van der Waals surface area contributed by atoms with Crippen molar-refractivity contribution >= 4 is 0 Å². The summed E-state index contributed by atoms with van der Waals surface area (Å²) in [5.41, 5.74) is -0.256. The largest absolute Gasteiger partial charge is 0.416 e. The molecule has 1 atom stereocenters. The number of alkyl halides is 3. The summed E-state index contributed by atoms with van der Waals surface area (Å²) in [5.74, 6) is 0. The van der Waals surface area contributed by atoms with Crippen molar-refractivity contribution in [2.45, 2.75) is 38.5 Å². The van der Waals surface area contributed by atoms with E-state index in [-0.39, 0.29) is 11.6 Å². The van der Waals surface area contributed by atoms with E-state index in [1.807, 2.05) is 39.8 Å². The van der Waals surface area contributed by atoms with Crippen LogP contribution in [-0.4, -0.2) is 31.1 Å². The topological polar surface area (TPSA) is 15.3 Å². The molecule has 0 aliphatic carbocycles. The molecular weight excluding hydrogens is 265 g/mol. The average molecular weight is 288 g/mol. The van der Waals surface area contributed by atoms with E-state index >= 15 is 0 Å². The van der Waals surface area contributed by atoms with E-state index in [0.717, 1.165) is 6.07 Å². The second-order valence-corrected chi connectivity index (χ2v) is 5.66. The molecule has 2 nitrogen and oxygen atoms in total. The zero-order valence-electron chi connectivity index (χ0n) is 12.7. The van der Waals surface area contributed by atoms with E-state index in [1.54, 1.807) is 6.07 Å². The fourth-order valence-corrected chi connectivity index (χ4v) is 2.13. The van der Waals surface area contributed by atoms with Gasteiger partial charge in [0, 0.05) is 5.54 Å². The first kappa shape index (κ1) is 17.0. The Kier molecular flexibility index (Phi) is 5.21. The lowest BCUT2D eigenvalue weighted by atomic mass is 9.86. The summed E-state index contributed by atoms with van der Waals surface area (Å²) < 4.78 is 38.5.